The molecule has 0 aliphatic carbocycles. The highest BCUT2D eigenvalue weighted by atomic mass is 16.3. The number of piperidine rings is 1. The maximum absolute atomic E-state index is 12.3. The van der Waals surface area contributed by atoms with Gasteiger partial charge in [0.2, 0.25) is 5.91 Å². The zero-order valence-electron chi connectivity index (χ0n) is 12.0. The van der Waals surface area contributed by atoms with Gasteiger partial charge in [-0.25, -0.2) is 4.79 Å². The summed E-state index contributed by atoms with van der Waals surface area (Å²) in [5, 5.41) is 9.10. The average Bonchev–Trinajstić information content (AvgIpc) is 2.42. The number of aryl methyl sites for hydroxylation is 2. The fraction of sp³-hybridized carbons (Fsp3) is 0.643. The first-order chi connectivity index (χ1) is 9.51. The van der Waals surface area contributed by atoms with E-state index in [1.807, 2.05) is 4.90 Å². The van der Waals surface area contributed by atoms with Gasteiger partial charge in [0.25, 0.3) is 0 Å². The fourth-order valence-electron chi connectivity index (χ4n) is 2.64. The van der Waals surface area contributed by atoms with Gasteiger partial charge in [-0.2, -0.15) is 4.98 Å². The highest BCUT2D eigenvalue weighted by molar-refractivity contribution is 5.79. The molecule has 1 aliphatic rings. The van der Waals surface area contributed by atoms with Crippen LogP contribution in [0, 0.1) is 19.8 Å². The van der Waals surface area contributed by atoms with Crippen LogP contribution in [0.5, 0.6) is 0 Å². The Balaban J connectivity index is 2.04. The van der Waals surface area contributed by atoms with Crippen molar-refractivity contribution in [2.24, 2.45) is 5.92 Å². The standard InChI is InChI=1S/C14H21N3O3/c1-9-12(10(2)16-14(20)15-9)7-13(19)17-5-3-11(8-18)4-6-17/h11,18H,3-8H2,1-2H3,(H,15,16,20). The molecule has 1 amide bonds. The van der Waals surface area contributed by atoms with Gasteiger partial charge in [-0.3, -0.25) is 4.79 Å². The summed E-state index contributed by atoms with van der Waals surface area (Å²) in [5.74, 6) is 0.374. The van der Waals surface area contributed by atoms with E-state index in [4.69, 9.17) is 5.11 Å². The third-order valence-electron chi connectivity index (χ3n) is 4.01. The SMILES string of the molecule is Cc1nc(=O)[nH]c(C)c1CC(=O)N1CCC(CO)CC1. The van der Waals surface area contributed by atoms with Crippen molar-refractivity contribution in [3.05, 3.63) is 27.4 Å². The van der Waals surface area contributed by atoms with Crippen LogP contribution in [0.3, 0.4) is 0 Å². The lowest BCUT2D eigenvalue weighted by molar-refractivity contribution is -0.132. The van der Waals surface area contributed by atoms with Crippen LogP contribution in [0.1, 0.15) is 29.8 Å². The highest BCUT2D eigenvalue weighted by Gasteiger charge is 2.23. The van der Waals surface area contributed by atoms with Crippen LogP contribution in [0.2, 0.25) is 0 Å². The number of hydrogen-bond acceptors (Lipinski definition) is 4. The van der Waals surface area contributed by atoms with Gasteiger partial charge in [0, 0.05) is 36.6 Å². The van der Waals surface area contributed by atoms with E-state index in [9.17, 15) is 9.59 Å². The Hall–Kier alpha value is -1.69. The summed E-state index contributed by atoms with van der Waals surface area (Å²) in [7, 11) is 0. The van der Waals surface area contributed by atoms with E-state index in [1.54, 1.807) is 13.8 Å². The van der Waals surface area contributed by atoms with Gasteiger partial charge in [-0.15, -0.1) is 0 Å². The molecule has 0 saturated carbocycles. The number of H-pyrrole nitrogens is 1. The summed E-state index contributed by atoms with van der Waals surface area (Å²) in [5.41, 5.74) is 1.75. The largest absolute Gasteiger partial charge is 0.396 e. The molecule has 2 N–H and O–H groups in total. The second kappa shape index (κ2) is 6.17. The van der Waals surface area contributed by atoms with Crippen molar-refractivity contribution >= 4 is 5.91 Å². The lowest BCUT2D eigenvalue weighted by Crippen LogP contribution is -2.40. The molecule has 1 saturated heterocycles. The molecule has 1 fully saturated rings. The fourth-order valence-corrected chi connectivity index (χ4v) is 2.64. The normalized spacial score (nSPS) is 16.4. The lowest BCUT2D eigenvalue weighted by atomic mass is 9.97. The molecule has 1 aliphatic heterocycles. The van der Waals surface area contributed by atoms with Crippen LogP contribution in [0.25, 0.3) is 0 Å². The summed E-state index contributed by atoms with van der Waals surface area (Å²) in [6, 6.07) is 0. The van der Waals surface area contributed by atoms with Crippen LogP contribution in [-0.2, 0) is 11.2 Å². The zero-order chi connectivity index (χ0) is 14.7. The third kappa shape index (κ3) is 3.25. The average molecular weight is 279 g/mol. The molecule has 0 atom stereocenters. The number of rotatable bonds is 3. The molecule has 6 nitrogen and oxygen atoms in total. The minimum Gasteiger partial charge on any atom is -0.396 e. The van der Waals surface area contributed by atoms with E-state index in [2.05, 4.69) is 9.97 Å². The van der Waals surface area contributed by atoms with Crippen LogP contribution < -0.4 is 5.69 Å². The summed E-state index contributed by atoms with van der Waals surface area (Å²) in [4.78, 5) is 31.8. The Morgan fingerprint density at radius 3 is 2.60 bits per heavy atom. The first kappa shape index (κ1) is 14.7. The van der Waals surface area contributed by atoms with E-state index in [1.165, 1.54) is 0 Å². The maximum Gasteiger partial charge on any atom is 0.345 e. The van der Waals surface area contributed by atoms with Crippen LogP contribution in [0.15, 0.2) is 4.79 Å². The minimum absolute atomic E-state index is 0.0569. The Morgan fingerprint density at radius 1 is 1.40 bits per heavy atom. The molecular weight excluding hydrogens is 258 g/mol. The Morgan fingerprint density at radius 2 is 2.05 bits per heavy atom. The summed E-state index contributed by atoms with van der Waals surface area (Å²) in [6.45, 7) is 5.13. The van der Waals surface area contributed by atoms with Gasteiger partial charge in [-0.05, 0) is 32.6 Å². The lowest BCUT2D eigenvalue weighted by Gasteiger charge is -2.31. The predicted octanol–water partition coefficient (Wildman–Crippen LogP) is 0.160. The number of aromatic amines is 1. The van der Waals surface area contributed by atoms with E-state index >= 15 is 0 Å². The Bertz CT molecular complexity index is 519. The number of likely N-dealkylation sites (tertiary alicyclic amines) is 1. The number of hydrogen-bond donors (Lipinski definition) is 2. The van der Waals surface area contributed by atoms with Crippen LogP contribution in [0.4, 0.5) is 0 Å². The van der Waals surface area contributed by atoms with E-state index < -0.39 is 0 Å². The zero-order valence-corrected chi connectivity index (χ0v) is 12.0. The predicted molar refractivity (Wildman–Crippen MR) is 74.4 cm³/mol. The molecular formula is C14H21N3O3. The van der Waals surface area contributed by atoms with Crippen LogP contribution in [-0.4, -0.2) is 45.6 Å². The molecule has 0 unspecified atom stereocenters. The molecule has 110 valence electrons. The molecule has 0 spiro atoms. The van der Waals surface area contributed by atoms with Crippen molar-refractivity contribution in [3.63, 3.8) is 0 Å². The van der Waals surface area contributed by atoms with Gasteiger partial charge in [-0.1, -0.05) is 0 Å². The minimum atomic E-state index is -0.375. The first-order valence-electron chi connectivity index (χ1n) is 6.96. The van der Waals surface area contributed by atoms with Gasteiger partial charge in [0.15, 0.2) is 0 Å². The molecule has 20 heavy (non-hydrogen) atoms. The van der Waals surface area contributed by atoms with E-state index in [0.29, 0.717) is 30.4 Å². The quantitative estimate of drug-likeness (QED) is 0.825. The first-order valence-corrected chi connectivity index (χ1v) is 6.96. The molecule has 2 heterocycles. The number of aromatic nitrogens is 2. The van der Waals surface area contributed by atoms with Crippen molar-refractivity contribution in [3.8, 4) is 0 Å². The Kier molecular flexibility index (Phi) is 4.54. The molecule has 1 aromatic heterocycles. The van der Waals surface area contributed by atoms with Crippen LogP contribution >= 0.6 is 0 Å². The topological polar surface area (TPSA) is 86.3 Å². The number of carbonyl (C=O) groups excluding carboxylic acids is 1. The molecule has 6 heteroatoms. The van der Waals surface area contributed by atoms with Gasteiger partial charge in [0.1, 0.15) is 0 Å². The van der Waals surface area contributed by atoms with E-state index in [0.717, 1.165) is 18.4 Å². The molecule has 1 aromatic rings. The molecule has 0 aromatic carbocycles. The number of nitrogens with zero attached hydrogens (tertiary/aromatic N) is 2. The number of amides is 1. The van der Waals surface area contributed by atoms with Gasteiger partial charge >= 0.3 is 5.69 Å². The third-order valence-corrected chi connectivity index (χ3v) is 4.01. The maximum atomic E-state index is 12.3. The molecule has 0 radical (unpaired) electrons. The van der Waals surface area contributed by atoms with Crippen molar-refractivity contribution in [1.29, 1.82) is 0 Å². The molecule has 0 bridgehead atoms. The van der Waals surface area contributed by atoms with Gasteiger partial charge < -0.3 is 15.0 Å². The van der Waals surface area contributed by atoms with Crippen molar-refractivity contribution < 1.29 is 9.90 Å². The Labute approximate surface area is 117 Å². The summed E-state index contributed by atoms with van der Waals surface area (Å²) < 4.78 is 0. The smallest absolute Gasteiger partial charge is 0.345 e. The second-order valence-electron chi connectivity index (χ2n) is 5.41. The summed E-state index contributed by atoms with van der Waals surface area (Å²) in [6.07, 6.45) is 1.97. The van der Waals surface area contributed by atoms with Gasteiger partial charge in [0.05, 0.1) is 6.42 Å². The monoisotopic (exact) mass is 279 g/mol. The molecule has 2 rings (SSSR count). The second-order valence-corrected chi connectivity index (χ2v) is 5.41. The van der Waals surface area contributed by atoms with Crippen molar-refractivity contribution in [2.45, 2.75) is 33.1 Å². The highest BCUT2D eigenvalue weighted by Crippen LogP contribution is 2.18. The number of carbonyl (C=O) groups is 1. The number of aliphatic hydroxyl groups excluding tert-OH is 1. The number of nitrogens with one attached hydrogen (secondary N) is 1. The number of aliphatic hydroxyl groups is 1. The van der Waals surface area contributed by atoms with E-state index in [-0.39, 0.29) is 24.6 Å². The van der Waals surface area contributed by atoms with Crippen molar-refractivity contribution in [1.82, 2.24) is 14.9 Å². The van der Waals surface area contributed by atoms with Crippen molar-refractivity contribution in [2.75, 3.05) is 19.7 Å². The summed E-state index contributed by atoms with van der Waals surface area (Å²) >= 11 is 0.